The van der Waals surface area contributed by atoms with E-state index in [2.05, 4.69) is 26.3 Å². The minimum atomic E-state index is -0.223. The van der Waals surface area contributed by atoms with Crippen molar-refractivity contribution in [3.05, 3.63) is 52.0 Å². The molecule has 0 aliphatic rings. The topological polar surface area (TPSA) is 29.9 Å². The van der Waals surface area contributed by atoms with E-state index in [1.807, 2.05) is 25.4 Å². The van der Waals surface area contributed by atoms with Crippen molar-refractivity contribution in [3.8, 4) is 0 Å². The minimum absolute atomic E-state index is 0.223. The van der Waals surface area contributed by atoms with Crippen LogP contribution in [0.25, 0.3) is 0 Å². The number of rotatable bonds is 5. The van der Waals surface area contributed by atoms with Crippen molar-refractivity contribution in [2.75, 3.05) is 6.54 Å². The summed E-state index contributed by atoms with van der Waals surface area (Å²) in [6, 6.07) is 7.07. The van der Waals surface area contributed by atoms with Gasteiger partial charge in [-0.3, -0.25) is 4.68 Å². The molecule has 96 valence electrons. The number of aryl methyl sites for hydroxylation is 1. The molecule has 0 aliphatic carbocycles. The Morgan fingerprint density at radius 3 is 2.94 bits per heavy atom. The summed E-state index contributed by atoms with van der Waals surface area (Å²) in [6.07, 6.45) is 2.80. The Bertz CT molecular complexity index is 525. The van der Waals surface area contributed by atoms with Gasteiger partial charge in [-0.15, -0.1) is 0 Å². The molecule has 0 saturated heterocycles. The van der Waals surface area contributed by atoms with Gasteiger partial charge in [0, 0.05) is 32.8 Å². The van der Waals surface area contributed by atoms with Gasteiger partial charge >= 0.3 is 0 Å². The second-order valence-electron chi connectivity index (χ2n) is 4.12. The monoisotopic (exact) mass is 311 g/mol. The average Bonchev–Trinajstić information content (AvgIpc) is 2.76. The van der Waals surface area contributed by atoms with Crippen LogP contribution in [0.1, 0.15) is 11.3 Å². The quantitative estimate of drug-likeness (QED) is 0.860. The molecule has 0 saturated carbocycles. The second-order valence-corrected chi connectivity index (χ2v) is 4.91. The van der Waals surface area contributed by atoms with Crippen molar-refractivity contribution < 1.29 is 4.39 Å². The van der Waals surface area contributed by atoms with E-state index in [9.17, 15) is 4.39 Å². The molecule has 18 heavy (non-hydrogen) atoms. The Labute approximate surface area is 114 Å². The highest BCUT2D eigenvalue weighted by atomic mass is 79.9. The third-order valence-electron chi connectivity index (χ3n) is 2.67. The maximum atomic E-state index is 13.3. The van der Waals surface area contributed by atoms with Gasteiger partial charge in [-0.1, -0.05) is 12.1 Å². The van der Waals surface area contributed by atoms with Crippen molar-refractivity contribution in [3.63, 3.8) is 0 Å². The number of hydrogen-bond donors (Lipinski definition) is 1. The third-order valence-corrected chi connectivity index (χ3v) is 3.56. The summed E-state index contributed by atoms with van der Waals surface area (Å²) in [6.45, 7) is 1.46. The smallest absolute Gasteiger partial charge is 0.137 e. The van der Waals surface area contributed by atoms with Crippen LogP contribution in [0.4, 0.5) is 4.39 Å². The number of benzene rings is 1. The van der Waals surface area contributed by atoms with Gasteiger partial charge in [-0.2, -0.15) is 5.10 Å². The number of aromatic nitrogens is 2. The summed E-state index contributed by atoms with van der Waals surface area (Å²) in [4.78, 5) is 0. The van der Waals surface area contributed by atoms with E-state index in [1.165, 1.54) is 6.07 Å². The number of nitrogens with one attached hydrogen (secondary N) is 1. The normalized spacial score (nSPS) is 10.8. The van der Waals surface area contributed by atoms with E-state index in [0.717, 1.165) is 24.2 Å². The zero-order chi connectivity index (χ0) is 13.0. The first-order chi connectivity index (χ1) is 8.66. The molecule has 0 radical (unpaired) electrons. The molecule has 0 aliphatic heterocycles. The van der Waals surface area contributed by atoms with Gasteiger partial charge in [-0.05, 0) is 33.6 Å². The van der Waals surface area contributed by atoms with E-state index in [1.54, 1.807) is 10.7 Å². The fourth-order valence-corrected chi connectivity index (χ4v) is 2.13. The lowest BCUT2D eigenvalue weighted by atomic mass is 10.2. The second kappa shape index (κ2) is 6.11. The Hall–Kier alpha value is -1.20. The van der Waals surface area contributed by atoms with Gasteiger partial charge in [0.2, 0.25) is 0 Å². The van der Waals surface area contributed by atoms with Gasteiger partial charge in [0.1, 0.15) is 5.82 Å². The zero-order valence-electron chi connectivity index (χ0n) is 10.2. The Morgan fingerprint density at radius 2 is 2.22 bits per heavy atom. The molecule has 1 heterocycles. The van der Waals surface area contributed by atoms with Crippen LogP contribution in [0.5, 0.6) is 0 Å². The lowest BCUT2D eigenvalue weighted by Crippen LogP contribution is -2.17. The van der Waals surface area contributed by atoms with Crippen molar-refractivity contribution in [1.82, 2.24) is 15.1 Å². The maximum Gasteiger partial charge on any atom is 0.137 e. The van der Waals surface area contributed by atoms with Crippen LogP contribution in [0, 0.1) is 5.82 Å². The standard InChI is InChI=1S/C13H15BrFN3/c1-18-8-6-11(17-18)5-7-16-9-10-3-2-4-12(15)13(10)14/h2-4,6,8,16H,5,7,9H2,1H3. The van der Waals surface area contributed by atoms with Gasteiger partial charge in [0.15, 0.2) is 0 Å². The summed E-state index contributed by atoms with van der Waals surface area (Å²) in [5, 5.41) is 7.58. The third kappa shape index (κ3) is 3.40. The van der Waals surface area contributed by atoms with Crippen molar-refractivity contribution in [1.29, 1.82) is 0 Å². The molecule has 1 N–H and O–H groups in total. The molecule has 0 amide bonds. The summed E-state index contributed by atoms with van der Waals surface area (Å²) in [5.41, 5.74) is 1.99. The average molecular weight is 312 g/mol. The van der Waals surface area contributed by atoms with Gasteiger partial charge in [-0.25, -0.2) is 4.39 Å². The molecule has 2 aromatic rings. The molecular weight excluding hydrogens is 297 g/mol. The zero-order valence-corrected chi connectivity index (χ0v) is 11.7. The van der Waals surface area contributed by atoms with Crippen LogP contribution in [0.15, 0.2) is 34.9 Å². The maximum absolute atomic E-state index is 13.3. The Balaban J connectivity index is 1.80. The molecule has 1 aromatic heterocycles. The molecule has 3 nitrogen and oxygen atoms in total. The SMILES string of the molecule is Cn1ccc(CCNCc2cccc(F)c2Br)n1. The van der Waals surface area contributed by atoms with Gasteiger partial charge in [0.05, 0.1) is 10.2 Å². The molecule has 0 fully saturated rings. The van der Waals surface area contributed by atoms with Crippen LogP contribution in [0.3, 0.4) is 0 Å². The summed E-state index contributed by atoms with van der Waals surface area (Å²) in [7, 11) is 1.90. The molecule has 0 bridgehead atoms. The van der Waals surface area contributed by atoms with Crippen LogP contribution < -0.4 is 5.32 Å². The highest BCUT2D eigenvalue weighted by Gasteiger charge is 2.04. The first-order valence-electron chi connectivity index (χ1n) is 5.79. The van der Waals surface area contributed by atoms with Crippen molar-refractivity contribution >= 4 is 15.9 Å². The summed E-state index contributed by atoms with van der Waals surface area (Å²) < 4.78 is 15.6. The van der Waals surface area contributed by atoms with Crippen LogP contribution in [-0.2, 0) is 20.0 Å². The lowest BCUT2D eigenvalue weighted by Gasteiger charge is -2.06. The molecule has 0 spiro atoms. The molecular formula is C13H15BrFN3. The summed E-state index contributed by atoms with van der Waals surface area (Å²) >= 11 is 3.25. The number of hydrogen-bond acceptors (Lipinski definition) is 2. The highest BCUT2D eigenvalue weighted by Crippen LogP contribution is 2.19. The number of nitrogens with zero attached hydrogens (tertiary/aromatic N) is 2. The van der Waals surface area contributed by atoms with Crippen LogP contribution in [-0.4, -0.2) is 16.3 Å². The minimum Gasteiger partial charge on any atom is -0.312 e. The lowest BCUT2D eigenvalue weighted by molar-refractivity contribution is 0.611. The molecule has 5 heteroatoms. The van der Waals surface area contributed by atoms with Gasteiger partial charge in [0.25, 0.3) is 0 Å². The molecule has 2 rings (SSSR count). The Morgan fingerprint density at radius 1 is 1.39 bits per heavy atom. The van der Waals surface area contributed by atoms with Gasteiger partial charge < -0.3 is 5.32 Å². The van der Waals surface area contributed by atoms with E-state index >= 15 is 0 Å². The largest absolute Gasteiger partial charge is 0.312 e. The van der Waals surface area contributed by atoms with E-state index in [-0.39, 0.29) is 5.82 Å². The first kappa shape index (κ1) is 13.2. The van der Waals surface area contributed by atoms with E-state index in [4.69, 9.17) is 0 Å². The molecule has 0 atom stereocenters. The summed E-state index contributed by atoms with van der Waals surface area (Å²) in [5.74, 6) is -0.223. The molecule has 0 unspecified atom stereocenters. The predicted molar refractivity (Wildman–Crippen MR) is 72.7 cm³/mol. The Kier molecular flexibility index (Phi) is 4.49. The first-order valence-corrected chi connectivity index (χ1v) is 6.58. The van der Waals surface area contributed by atoms with Crippen LogP contribution in [0.2, 0.25) is 0 Å². The van der Waals surface area contributed by atoms with Crippen molar-refractivity contribution in [2.24, 2.45) is 7.05 Å². The fraction of sp³-hybridized carbons (Fsp3) is 0.308. The number of halogens is 2. The van der Waals surface area contributed by atoms with E-state index in [0.29, 0.717) is 11.0 Å². The fourth-order valence-electron chi connectivity index (χ4n) is 1.72. The van der Waals surface area contributed by atoms with Crippen LogP contribution >= 0.6 is 15.9 Å². The highest BCUT2D eigenvalue weighted by molar-refractivity contribution is 9.10. The van der Waals surface area contributed by atoms with Crippen molar-refractivity contribution in [2.45, 2.75) is 13.0 Å². The van der Waals surface area contributed by atoms with E-state index < -0.39 is 0 Å². The molecule has 1 aromatic carbocycles. The predicted octanol–water partition coefficient (Wildman–Crippen LogP) is 2.65.